The van der Waals surface area contributed by atoms with Gasteiger partial charge in [-0.1, -0.05) is 30.7 Å². The van der Waals surface area contributed by atoms with Gasteiger partial charge in [-0.3, -0.25) is 14.5 Å². The zero-order chi connectivity index (χ0) is 22.8. The van der Waals surface area contributed by atoms with Crippen LogP contribution in [0.2, 0.25) is 0 Å². The predicted octanol–water partition coefficient (Wildman–Crippen LogP) is 3.35. The van der Waals surface area contributed by atoms with E-state index in [-0.39, 0.29) is 23.9 Å². The fourth-order valence-electron chi connectivity index (χ4n) is 4.66. The molecule has 3 aliphatic rings. The quantitative estimate of drug-likeness (QED) is 0.517. The topological polar surface area (TPSA) is 88.2 Å². The van der Waals surface area contributed by atoms with Crippen molar-refractivity contribution < 1.29 is 23.9 Å². The van der Waals surface area contributed by atoms with Gasteiger partial charge in [0.25, 0.3) is 5.91 Å². The Hall–Kier alpha value is -3.55. The summed E-state index contributed by atoms with van der Waals surface area (Å²) in [5.41, 5.74) is 2.93. The third-order valence-electron chi connectivity index (χ3n) is 6.39. The largest absolute Gasteiger partial charge is 0.486 e. The zero-order valence-electron chi connectivity index (χ0n) is 18.4. The average molecular weight is 450 g/mol. The highest BCUT2D eigenvalue weighted by molar-refractivity contribution is 6.04. The molecule has 0 saturated carbocycles. The number of carbonyl (C=O) groups excluding carboxylic acids is 3. The molecule has 0 radical (unpaired) electrons. The summed E-state index contributed by atoms with van der Waals surface area (Å²) in [4.78, 5) is 40.9. The minimum atomic E-state index is -0.385. The molecule has 0 aromatic heterocycles. The number of hydrogen-bond acceptors (Lipinski definition) is 5. The minimum Gasteiger partial charge on any atom is -0.486 e. The SMILES string of the molecule is O=C(CCCCCN1C(=O)C2Cc3ccccc3CN2C1=O)Nc1ccc2c(c1)OCCO2. The molecule has 2 aromatic carbocycles. The molecule has 1 unspecified atom stereocenters. The second kappa shape index (κ2) is 9.13. The zero-order valence-corrected chi connectivity index (χ0v) is 18.4. The molecule has 2 aromatic rings. The Bertz CT molecular complexity index is 1040. The van der Waals surface area contributed by atoms with Crippen LogP contribution in [-0.2, 0) is 22.6 Å². The van der Waals surface area contributed by atoms with E-state index in [1.807, 2.05) is 24.3 Å². The van der Waals surface area contributed by atoms with Gasteiger partial charge in [0.2, 0.25) is 5.91 Å². The van der Waals surface area contributed by atoms with E-state index in [0.717, 1.165) is 17.5 Å². The number of carbonyl (C=O) groups is 3. The van der Waals surface area contributed by atoms with Crippen LogP contribution in [0.15, 0.2) is 42.5 Å². The number of nitrogens with zero attached hydrogens (tertiary/aromatic N) is 2. The van der Waals surface area contributed by atoms with E-state index in [2.05, 4.69) is 5.32 Å². The first-order valence-corrected chi connectivity index (χ1v) is 11.5. The molecule has 3 heterocycles. The Morgan fingerprint density at radius 2 is 1.76 bits per heavy atom. The lowest BCUT2D eigenvalue weighted by Crippen LogP contribution is -2.39. The number of anilines is 1. The molecule has 8 nitrogen and oxygen atoms in total. The number of nitrogens with one attached hydrogen (secondary N) is 1. The van der Waals surface area contributed by atoms with Crippen molar-refractivity contribution in [1.29, 1.82) is 0 Å². The molecule has 1 atom stereocenters. The number of rotatable bonds is 7. The molecule has 4 amide bonds. The maximum Gasteiger partial charge on any atom is 0.327 e. The van der Waals surface area contributed by atoms with Gasteiger partial charge < -0.3 is 19.7 Å². The molecule has 0 spiro atoms. The van der Waals surface area contributed by atoms with Crippen molar-refractivity contribution in [1.82, 2.24) is 9.80 Å². The molecule has 0 aliphatic carbocycles. The fourth-order valence-corrected chi connectivity index (χ4v) is 4.66. The van der Waals surface area contributed by atoms with Gasteiger partial charge in [0.05, 0.1) is 0 Å². The minimum absolute atomic E-state index is 0.0742. The monoisotopic (exact) mass is 449 g/mol. The molecule has 8 heteroatoms. The van der Waals surface area contributed by atoms with Crippen LogP contribution in [-0.4, -0.2) is 53.4 Å². The van der Waals surface area contributed by atoms with Crippen molar-refractivity contribution in [3.8, 4) is 11.5 Å². The number of unbranched alkanes of at least 4 members (excludes halogenated alkanes) is 2. The third kappa shape index (κ3) is 4.37. The summed E-state index contributed by atoms with van der Waals surface area (Å²) in [5, 5.41) is 2.88. The van der Waals surface area contributed by atoms with Crippen LogP contribution in [0.1, 0.15) is 36.8 Å². The average Bonchev–Trinajstić information content (AvgIpc) is 3.06. The van der Waals surface area contributed by atoms with E-state index in [0.29, 0.717) is 69.2 Å². The van der Waals surface area contributed by atoms with Crippen LogP contribution in [0.4, 0.5) is 10.5 Å². The van der Waals surface area contributed by atoms with E-state index in [1.165, 1.54) is 4.90 Å². The first-order valence-electron chi connectivity index (χ1n) is 11.5. The number of imide groups is 1. The maximum absolute atomic E-state index is 12.8. The number of ether oxygens (including phenoxy) is 2. The Kier molecular flexibility index (Phi) is 5.90. The summed E-state index contributed by atoms with van der Waals surface area (Å²) in [7, 11) is 0. The number of benzene rings is 2. The van der Waals surface area contributed by atoms with E-state index in [4.69, 9.17) is 9.47 Å². The molecule has 5 rings (SSSR count). The van der Waals surface area contributed by atoms with Crippen molar-refractivity contribution >= 4 is 23.5 Å². The van der Waals surface area contributed by atoms with Gasteiger partial charge in [-0.15, -0.1) is 0 Å². The van der Waals surface area contributed by atoms with Gasteiger partial charge in [-0.05, 0) is 36.1 Å². The standard InChI is InChI=1S/C25H27N3O5/c29-23(26-19-9-10-21-22(15-19)33-13-12-32-21)8-2-1-5-11-27-24(30)20-14-17-6-3-4-7-18(17)16-28(20)25(27)31/h3-4,6-7,9-10,15,20H,1-2,5,8,11-14,16H2,(H,26,29). The second-order valence-corrected chi connectivity index (χ2v) is 8.61. The Labute approximate surface area is 192 Å². The third-order valence-corrected chi connectivity index (χ3v) is 6.39. The highest BCUT2D eigenvalue weighted by Gasteiger charge is 2.46. The van der Waals surface area contributed by atoms with Crippen molar-refractivity contribution in [2.24, 2.45) is 0 Å². The van der Waals surface area contributed by atoms with Gasteiger partial charge in [-0.25, -0.2) is 4.79 Å². The van der Waals surface area contributed by atoms with E-state index in [1.54, 1.807) is 23.1 Å². The fraction of sp³-hybridized carbons (Fsp3) is 0.400. The molecule has 0 bridgehead atoms. The number of fused-ring (bicyclic) bond motifs is 3. The van der Waals surface area contributed by atoms with Crippen molar-refractivity contribution in [3.63, 3.8) is 0 Å². The van der Waals surface area contributed by atoms with Crippen molar-refractivity contribution in [2.75, 3.05) is 25.1 Å². The van der Waals surface area contributed by atoms with Gasteiger partial charge in [-0.2, -0.15) is 0 Å². The summed E-state index contributed by atoms with van der Waals surface area (Å²) in [6.07, 6.45) is 3.08. The van der Waals surface area contributed by atoms with E-state index < -0.39 is 0 Å². The smallest absolute Gasteiger partial charge is 0.327 e. The van der Waals surface area contributed by atoms with Crippen LogP contribution in [0, 0.1) is 0 Å². The Morgan fingerprint density at radius 3 is 2.61 bits per heavy atom. The van der Waals surface area contributed by atoms with Crippen LogP contribution in [0.25, 0.3) is 0 Å². The van der Waals surface area contributed by atoms with E-state index in [9.17, 15) is 14.4 Å². The lowest BCUT2D eigenvalue weighted by atomic mass is 9.95. The summed E-state index contributed by atoms with van der Waals surface area (Å²) >= 11 is 0. The van der Waals surface area contributed by atoms with Gasteiger partial charge >= 0.3 is 6.03 Å². The number of hydrogen-bond donors (Lipinski definition) is 1. The van der Waals surface area contributed by atoms with Crippen LogP contribution in [0.3, 0.4) is 0 Å². The predicted molar refractivity (Wildman–Crippen MR) is 121 cm³/mol. The highest BCUT2D eigenvalue weighted by atomic mass is 16.6. The molecule has 33 heavy (non-hydrogen) atoms. The van der Waals surface area contributed by atoms with Crippen LogP contribution < -0.4 is 14.8 Å². The molecule has 1 fully saturated rings. The highest BCUT2D eigenvalue weighted by Crippen LogP contribution is 2.33. The summed E-state index contributed by atoms with van der Waals surface area (Å²) < 4.78 is 11.0. The molecule has 3 aliphatic heterocycles. The molecule has 1 N–H and O–H groups in total. The van der Waals surface area contributed by atoms with Crippen molar-refractivity contribution in [2.45, 2.75) is 44.7 Å². The van der Waals surface area contributed by atoms with Gasteiger partial charge in [0, 0.05) is 37.7 Å². The van der Waals surface area contributed by atoms with Crippen molar-refractivity contribution in [3.05, 3.63) is 53.6 Å². The van der Waals surface area contributed by atoms with Gasteiger partial charge in [0.15, 0.2) is 11.5 Å². The van der Waals surface area contributed by atoms with Crippen LogP contribution in [0.5, 0.6) is 11.5 Å². The Morgan fingerprint density at radius 1 is 0.970 bits per heavy atom. The molecular formula is C25H27N3O5. The van der Waals surface area contributed by atoms with E-state index >= 15 is 0 Å². The normalized spacial score (nSPS) is 18.7. The molecule has 172 valence electrons. The Balaban J connectivity index is 1.06. The molecule has 1 saturated heterocycles. The maximum atomic E-state index is 12.8. The summed E-state index contributed by atoms with van der Waals surface area (Å²) in [6.45, 7) is 1.91. The lowest BCUT2D eigenvalue weighted by molar-refractivity contribution is -0.128. The summed E-state index contributed by atoms with van der Waals surface area (Å²) in [6, 6.07) is 12.7. The lowest BCUT2D eigenvalue weighted by Gasteiger charge is -2.28. The van der Waals surface area contributed by atoms with Crippen LogP contribution >= 0.6 is 0 Å². The first kappa shape index (κ1) is 21.3. The first-order chi connectivity index (χ1) is 16.1. The summed E-state index contributed by atoms with van der Waals surface area (Å²) in [5.74, 6) is 1.14. The second-order valence-electron chi connectivity index (χ2n) is 8.61. The number of amides is 4. The number of urea groups is 1. The van der Waals surface area contributed by atoms with Gasteiger partial charge in [0.1, 0.15) is 19.3 Å². The molecular weight excluding hydrogens is 422 g/mol.